The molecule has 0 saturated carbocycles. The Labute approximate surface area is 216 Å². The zero-order valence-corrected chi connectivity index (χ0v) is 21.2. The first kappa shape index (κ1) is 25.3. The quantitative estimate of drug-likeness (QED) is 0.291. The summed E-state index contributed by atoms with van der Waals surface area (Å²) in [6.07, 6.45) is 0. The summed E-state index contributed by atoms with van der Waals surface area (Å²) < 4.78 is 33.8. The van der Waals surface area contributed by atoms with E-state index in [0.717, 1.165) is 15.4 Å². The Balaban J connectivity index is 1.48. The third kappa shape index (κ3) is 6.44. The zero-order valence-electron chi connectivity index (χ0n) is 19.6. The smallest absolute Gasteiger partial charge is 0.264 e. The van der Waals surface area contributed by atoms with E-state index in [1.165, 1.54) is 24.3 Å². The lowest BCUT2D eigenvalue weighted by Crippen LogP contribution is -2.38. The lowest BCUT2D eigenvalue weighted by molar-refractivity contribution is -0.114. The first-order chi connectivity index (χ1) is 17.3. The van der Waals surface area contributed by atoms with Crippen molar-refractivity contribution >= 4 is 38.9 Å². The van der Waals surface area contributed by atoms with Crippen molar-refractivity contribution in [2.45, 2.75) is 18.4 Å². The Morgan fingerprint density at radius 3 is 2.25 bits per heavy atom. The van der Waals surface area contributed by atoms with Crippen molar-refractivity contribution in [3.05, 3.63) is 119 Å². The number of aryl methyl sites for hydroxylation is 1. The number of carbonyl (C=O) groups excluding carboxylic acids is 1. The molecule has 1 N–H and O–H groups in total. The van der Waals surface area contributed by atoms with Crippen LogP contribution in [0.1, 0.15) is 11.1 Å². The van der Waals surface area contributed by atoms with Crippen molar-refractivity contribution in [2.24, 2.45) is 0 Å². The standard InChI is InChI=1S/C28H25ClN2O4S/c1-21-6-5-9-25(18-21)31(36(33,34)27-16-10-23(29)11-17-27)19-28(32)30-24-12-14-26(15-13-24)35-20-22-7-3-2-4-8-22/h2-18H,19-20H2,1H3,(H,30,32). The van der Waals surface area contributed by atoms with Crippen LogP contribution in [-0.4, -0.2) is 20.9 Å². The maximum absolute atomic E-state index is 13.5. The van der Waals surface area contributed by atoms with E-state index in [1.54, 1.807) is 42.5 Å². The molecule has 0 aliphatic rings. The van der Waals surface area contributed by atoms with Crippen LogP contribution >= 0.6 is 11.6 Å². The van der Waals surface area contributed by atoms with E-state index in [2.05, 4.69) is 5.32 Å². The van der Waals surface area contributed by atoms with Gasteiger partial charge in [0.05, 0.1) is 10.6 Å². The van der Waals surface area contributed by atoms with Crippen molar-refractivity contribution in [3.8, 4) is 5.75 Å². The number of carbonyl (C=O) groups is 1. The molecule has 0 heterocycles. The summed E-state index contributed by atoms with van der Waals surface area (Å²) in [5.41, 5.74) is 2.84. The average Bonchev–Trinajstić information content (AvgIpc) is 2.88. The number of amides is 1. The van der Waals surface area contributed by atoms with Gasteiger partial charge in [-0.15, -0.1) is 0 Å². The Kier molecular flexibility index (Phi) is 7.93. The molecule has 0 aliphatic heterocycles. The van der Waals surface area contributed by atoms with Crippen LogP contribution in [0.2, 0.25) is 5.02 Å². The average molecular weight is 521 g/mol. The summed E-state index contributed by atoms with van der Waals surface area (Å²) >= 11 is 5.93. The minimum atomic E-state index is -4.02. The van der Waals surface area contributed by atoms with Gasteiger partial charge in [-0.05, 0) is 78.7 Å². The highest BCUT2D eigenvalue weighted by Crippen LogP contribution is 2.26. The topological polar surface area (TPSA) is 75.7 Å². The summed E-state index contributed by atoms with van der Waals surface area (Å²) in [5, 5.41) is 3.19. The largest absolute Gasteiger partial charge is 0.489 e. The second-order valence-corrected chi connectivity index (χ2v) is 10.5. The lowest BCUT2D eigenvalue weighted by Gasteiger charge is -2.24. The Morgan fingerprint density at radius 1 is 0.889 bits per heavy atom. The second-order valence-electron chi connectivity index (χ2n) is 8.15. The fourth-order valence-electron chi connectivity index (χ4n) is 3.54. The fourth-order valence-corrected chi connectivity index (χ4v) is 5.08. The maximum atomic E-state index is 13.5. The molecule has 6 nitrogen and oxygen atoms in total. The summed E-state index contributed by atoms with van der Waals surface area (Å²) in [6.45, 7) is 1.89. The van der Waals surface area contributed by atoms with Crippen molar-refractivity contribution in [1.29, 1.82) is 0 Å². The molecule has 0 atom stereocenters. The first-order valence-electron chi connectivity index (χ1n) is 11.2. The Morgan fingerprint density at radius 2 is 1.58 bits per heavy atom. The Bertz CT molecular complexity index is 1420. The summed E-state index contributed by atoms with van der Waals surface area (Å²) in [4.78, 5) is 13.0. The third-order valence-electron chi connectivity index (χ3n) is 5.36. The van der Waals surface area contributed by atoms with E-state index in [1.807, 2.05) is 43.3 Å². The number of rotatable bonds is 9. The molecule has 0 fully saturated rings. The van der Waals surface area contributed by atoms with Crippen LogP contribution in [0, 0.1) is 6.92 Å². The molecule has 0 radical (unpaired) electrons. The molecule has 0 bridgehead atoms. The number of nitrogens with one attached hydrogen (secondary N) is 1. The van der Waals surface area contributed by atoms with Gasteiger partial charge in [0.15, 0.2) is 0 Å². The van der Waals surface area contributed by atoms with Gasteiger partial charge in [0.1, 0.15) is 18.9 Å². The van der Waals surface area contributed by atoms with E-state index in [4.69, 9.17) is 16.3 Å². The lowest BCUT2D eigenvalue weighted by atomic mass is 10.2. The highest BCUT2D eigenvalue weighted by molar-refractivity contribution is 7.92. The number of anilines is 2. The summed E-state index contributed by atoms with van der Waals surface area (Å²) in [6, 6.07) is 29.6. The van der Waals surface area contributed by atoms with Crippen LogP contribution < -0.4 is 14.4 Å². The minimum absolute atomic E-state index is 0.0427. The number of ether oxygens (including phenoxy) is 1. The monoisotopic (exact) mass is 520 g/mol. The number of hydrogen-bond donors (Lipinski definition) is 1. The molecule has 0 saturated heterocycles. The van der Waals surface area contributed by atoms with Crippen molar-refractivity contribution in [2.75, 3.05) is 16.2 Å². The van der Waals surface area contributed by atoms with Crippen LogP contribution in [0.25, 0.3) is 0 Å². The number of nitrogens with zero attached hydrogens (tertiary/aromatic N) is 1. The SMILES string of the molecule is Cc1cccc(N(CC(=O)Nc2ccc(OCc3ccccc3)cc2)S(=O)(=O)c2ccc(Cl)cc2)c1. The number of sulfonamides is 1. The highest BCUT2D eigenvalue weighted by atomic mass is 35.5. The van der Waals surface area contributed by atoms with Gasteiger partial charge in [-0.1, -0.05) is 54.1 Å². The van der Waals surface area contributed by atoms with Gasteiger partial charge >= 0.3 is 0 Å². The fraction of sp³-hybridized carbons (Fsp3) is 0.107. The first-order valence-corrected chi connectivity index (χ1v) is 13.0. The number of hydrogen-bond acceptors (Lipinski definition) is 4. The van der Waals surface area contributed by atoms with Gasteiger partial charge in [-0.2, -0.15) is 0 Å². The van der Waals surface area contributed by atoms with Crippen molar-refractivity contribution < 1.29 is 17.9 Å². The number of benzene rings is 4. The van der Waals surface area contributed by atoms with Gasteiger partial charge < -0.3 is 10.1 Å². The van der Waals surface area contributed by atoms with Gasteiger partial charge in [-0.3, -0.25) is 9.10 Å². The van der Waals surface area contributed by atoms with Crippen LogP contribution in [0.3, 0.4) is 0 Å². The van der Waals surface area contributed by atoms with Gasteiger partial charge in [0.25, 0.3) is 10.0 Å². The molecule has 1 amide bonds. The number of halogens is 1. The molecular formula is C28H25ClN2O4S. The third-order valence-corrected chi connectivity index (χ3v) is 7.40. The van der Waals surface area contributed by atoms with Gasteiger partial charge in [0.2, 0.25) is 5.91 Å². The molecule has 8 heteroatoms. The molecule has 0 unspecified atom stereocenters. The maximum Gasteiger partial charge on any atom is 0.264 e. The molecular weight excluding hydrogens is 496 g/mol. The van der Waals surface area contributed by atoms with Crippen LogP contribution in [0.4, 0.5) is 11.4 Å². The zero-order chi connectivity index (χ0) is 25.5. The minimum Gasteiger partial charge on any atom is -0.489 e. The van der Waals surface area contributed by atoms with E-state index in [-0.39, 0.29) is 4.90 Å². The van der Waals surface area contributed by atoms with E-state index in [9.17, 15) is 13.2 Å². The highest BCUT2D eigenvalue weighted by Gasteiger charge is 2.27. The molecule has 184 valence electrons. The molecule has 4 rings (SSSR count). The Hall–Kier alpha value is -3.81. The van der Waals surface area contributed by atoms with Crippen molar-refractivity contribution in [1.82, 2.24) is 0 Å². The van der Waals surface area contributed by atoms with E-state index in [0.29, 0.717) is 28.8 Å². The molecule has 0 aromatic heterocycles. The van der Waals surface area contributed by atoms with Crippen LogP contribution in [-0.2, 0) is 21.4 Å². The second kappa shape index (κ2) is 11.3. The predicted octanol–water partition coefficient (Wildman–Crippen LogP) is 6.06. The van der Waals surface area contributed by atoms with Crippen LogP contribution in [0.5, 0.6) is 5.75 Å². The summed E-state index contributed by atoms with van der Waals surface area (Å²) in [5.74, 6) is 0.176. The molecule has 0 spiro atoms. The molecule has 0 aliphatic carbocycles. The molecule has 36 heavy (non-hydrogen) atoms. The molecule has 4 aromatic carbocycles. The van der Waals surface area contributed by atoms with Gasteiger partial charge in [-0.25, -0.2) is 8.42 Å². The van der Waals surface area contributed by atoms with E-state index < -0.39 is 22.5 Å². The van der Waals surface area contributed by atoms with Crippen molar-refractivity contribution in [3.63, 3.8) is 0 Å². The van der Waals surface area contributed by atoms with E-state index >= 15 is 0 Å². The molecule has 4 aromatic rings. The van der Waals surface area contributed by atoms with Crippen LogP contribution in [0.15, 0.2) is 108 Å². The normalized spacial score (nSPS) is 11.1. The summed E-state index contributed by atoms with van der Waals surface area (Å²) in [7, 11) is -4.02. The predicted molar refractivity (Wildman–Crippen MR) is 143 cm³/mol. The van der Waals surface area contributed by atoms with Gasteiger partial charge in [0, 0.05) is 10.7 Å².